The van der Waals surface area contributed by atoms with E-state index < -0.39 is 12.1 Å². The first kappa shape index (κ1) is 21.0. The summed E-state index contributed by atoms with van der Waals surface area (Å²) in [6, 6.07) is 25.1. The molecule has 5 heteroatoms. The second-order valence-corrected chi connectivity index (χ2v) is 6.57. The average Bonchev–Trinajstić information content (AvgIpc) is 2.77. The van der Waals surface area contributed by atoms with E-state index in [1.165, 1.54) is 7.11 Å². The summed E-state index contributed by atoms with van der Waals surface area (Å²) in [7, 11) is 1.39. The van der Waals surface area contributed by atoms with E-state index in [-0.39, 0.29) is 6.61 Å². The molecule has 0 aliphatic carbocycles. The van der Waals surface area contributed by atoms with Crippen molar-refractivity contribution in [2.24, 2.45) is 0 Å². The number of benzene rings is 3. The Morgan fingerprint density at radius 1 is 1.00 bits per heavy atom. The van der Waals surface area contributed by atoms with Gasteiger partial charge >= 0.3 is 5.97 Å². The quantitative estimate of drug-likeness (QED) is 0.544. The highest BCUT2D eigenvalue weighted by Gasteiger charge is 2.16. The monoisotopic (exact) mass is 401 g/mol. The highest BCUT2D eigenvalue weighted by atomic mass is 16.5. The number of carboxylic acid groups (broad SMARTS) is 1. The SMILES string of the molecule is COC(Cc1ccc(C#CCOc2cccc(Nc3ccccc3)c2)cc1)C(=O)O. The largest absolute Gasteiger partial charge is 0.481 e. The van der Waals surface area contributed by atoms with Crippen molar-refractivity contribution < 1.29 is 19.4 Å². The number of methoxy groups -OCH3 is 1. The first-order chi connectivity index (χ1) is 14.6. The molecule has 0 radical (unpaired) electrons. The number of nitrogens with one attached hydrogen (secondary N) is 1. The van der Waals surface area contributed by atoms with Gasteiger partial charge in [-0.2, -0.15) is 0 Å². The Morgan fingerprint density at radius 3 is 2.43 bits per heavy atom. The van der Waals surface area contributed by atoms with Crippen LogP contribution >= 0.6 is 0 Å². The summed E-state index contributed by atoms with van der Waals surface area (Å²) >= 11 is 0. The Balaban J connectivity index is 1.52. The van der Waals surface area contributed by atoms with Gasteiger partial charge in [0.2, 0.25) is 0 Å². The molecular formula is C25H23NO4. The molecule has 0 heterocycles. The van der Waals surface area contributed by atoms with Crippen molar-refractivity contribution in [3.8, 4) is 17.6 Å². The van der Waals surface area contributed by atoms with Crippen molar-refractivity contribution in [2.45, 2.75) is 12.5 Å². The van der Waals surface area contributed by atoms with Crippen LogP contribution in [-0.4, -0.2) is 30.9 Å². The fourth-order valence-electron chi connectivity index (χ4n) is 2.82. The van der Waals surface area contributed by atoms with Gasteiger partial charge in [-0.05, 0) is 42.0 Å². The topological polar surface area (TPSA) is 67.8 Å². The average molecular weight is 401 g/mol. The van der Waals surface area contributed by atoms with Crippen molar-refractivity contribution in [1.82, 2.24) is 0 Å². The summed E-state index contributed by atoms with van der Waals surface area (Å²) in [5.41, 5.74) is 3.68. The van der Waals surface area contributed by atoms with Crippen LogP contribution in [0.2, 0.25) is 0 Å². The number of anilines is 2. The number of para-hydroxylation sites is 1. The molecule has 30 heavy (non-hydrogen) atoms. The predicted octanol–water partition coefficient (Wildman–Crippen LogP) is 4.50. The molecule has 0 aliphatic heterocycles. The molecule has 0 aromatic heterocycles. The number of hydrogen-bond donors (Lipinski definition) is 2. The highest BCUT2D eigenvalue weighted by Crippen LogP contribution is 2.21. The lowest BCUT2D eigenvalue weighted by Gasteiger charge is -2.10. The summed E-state index contributed by atoms with van der Waals surface area (Å²) in [6.07, 6.45) is -0.529. The summed E-state index contributed by atoms with van der Waals surface area (Å²) < 4.78 is 10.7. The predicted molar refractivity (Wildman–Crippen MR) is 117 cm³/mol. The van der Waals surface area contributed by atoms with Crippen LogP contribution < -0.4 is 10.1 Å². The summed E-state index contributed by atoms with van der Waals surface area (Å²) in [5, 5.41) is 12.4. The molecule has 3 aromatic carbocycles. The van der Waals surface area contributed by atoms with E-state index >= 15 is 0 Å². The zero-order valence-electron chi connectivity index (χ0n) is 16.7. The van der Waals surface area contributed by atoms with Gasteiger partial charge in [0.1, 0.15) is 12.4 Å². The lowest BCUT2D eigenvalue weighted by atomic mass is 10.1. The Hall–Kier alpha value is -3.75. The summed E-state index contributed by atoms with van der Waals surface area (Å²) in [4.78, 5) is 11.0. The van der Waals surface area contributed by atoms with E-state index in [1.807, 2.05) is 78.9 Å². The van der Waals surface area contributed by atoms with Crippen LogP contribution in [0.5, 0.6) is 5.75 Å². The minimum atomic E-state index is -0.971. The van der Waals surface area contributed by atoms with Gasteiger partial charge in [0, 0.05) is 36.5 Å². The van der Waals surface area contributed by atoms with Crippen LogP contribution in [0.4, 0.5) is 11.4 Å². The number of ether oxygens (including phenoxy) is 2. The van der Waals surface area contributed by atoms with Crippen LogP contribution in [0.25, 0.3) is 0 Å². The Morgan fingerprint density at radius 2 is 1.73 bits per heavy atom. The molecular weight excluding hydrogens is 378 g/mol. The van der Waals surface area contributed by atoms with E-state index in [0.717, 1.165) is 28.3 Å². The van der Waals surface area contributed by atoms with Crippen molar-refractivity contribution in [1.29, 1.82) is 0 Å². The summed E-state index contributed by atoms with van der Waals surface area (Å²) in [6.45, 7) is 0.265. The number of rotatable bonds is 8. The maximum absolute atomic E-state index is 11.0. The zero-order chi connectivity index (χ0) is 21.2. The molecule has 0 amide bonds. The fourth-order valence-corrected chi connectivity index (χ4v) is 2.82. The smallest absolute Gasteiger partial charge is 0.333 e. The Bertz CT molecular complexity index is 1020. The molecule has 1 atom stereocenters. The van der Waals surface area contributed by atoms with Gasteiger partial charge in [-0.25, -0.2) is 4.79 Å². The standard InChI is InChI=1S/C25H23NO4/c1-29-24(25(27)28)17-20-14-12-19(13-15-20)7-6-16-30-23-11-5-10-22(18-23)26-21-8-3-2-4-9-21/h2-5,8-15,18,24,26H,16-17H2,1H3,(H,27,28). The third-order valence-corrected chi connectivity index (χ3v) is 4.38. The van der Waals surface area contributed by atoms with Gasteiger partial charge in [0.25, 0.3) is 0 Å². The lowest BCUT2D eigenvalue weighted by Crippen LogP contribution is -2.24. The van der Waals surface area contributed by atoms with Gasteiger partial charge in [0.05, 0.1) is 0 Å². The van der Waals surface area contributed by atoms with Crippen molar-refractivity contribution in [2.75, 3.05) is 19.0 Å². The molecule has 5 nitrogen and oxygen atoms in total. The molecule has 152 valence electrons. The molecule has 0 saturated carbocycles. The molecule has 0 fully saturated rings. The second kappa shape index (κ2) is 10.7. The maximum Gasteiger partial charge on any atom is 0.333 e. The van der Waals surface area contributed by atoms with Crippen molar-refractivity contribution >= 4 is 17.3 Å². The molecule has 2 N–H and O–H groups in total. The van der Waals surface area contributed by atoms with Gasteiger partial charge < -0.3 is 19.9 Å². The minimum absolute atomic E-state index is 0.265. The first-order valence-electron chi connectivity index (χ1n) is 9.52. The van der Waals surface area contributed by atoms with Crippen molar-refractivity contribution in [3.63, 3.8) is 0 Å². The lowest BCUT2D eigenvalue weighted by molar-refractivity contribution is -0.148. The number of aliphatic carboxylic acids is 1. The number of carboxylic acids is 1. The van der Waals surface area contributed by atoms with E-state index in [4.69, 9.17) is 14.6 Å². The van der Waals surface area contributed by atoms with Gasteiger partial charge in [0.15, 0.2) is 6.10 Å². The van der Waals surface area contributed by atoms with Crippen LogP contribution in [-0.2, 0) is 16.0 Å². The molecule has 0 aliphatic rings. The van der Waals surface area contributed by atoms with Crippen LogP contribution in [0.3, 0.4) is 0 Å². The fraction of sp³-hybridized carbons (Fsp3) is 0.160. The molecule has 0 spiro atoms. The molecule has 1 unspecified atom stereocenters. The van der Waals surface area contributed by atoms with E-state index in [0.29, 0.717) is 6.42 Å². The first-order valence-corrected chi connectivity index (χ1v) is 9.52. The molecule has 0 bridgehead atoms. The maximum atomic E-state index is 11.0. The highest BCUT2D eigenvalue weighted by molar-refractivity contribution is 5.72. The third-order valence-electron chi connectivity index (χ3n) is 4.38. The number of carbonyl (C=O) groups is 1. The molecule has 3 aromatic rings. The third kappa shape index (κ3) is 6.40. The normalized spacial score (nSPS) is 11.1. The van der Waals surface area contributed by atoms with Crippen LogP contribution in [0.15, 0.2) is 78.9 Å². The van der Waals surface area contributed by atoms with Gasteiger partial charge in [-0.15, -0.1) is 0 Å². The van der Waals surface area contributed by atoms with Gasteiger partial charge in [-0.3, -0.25) is 0 Å². The second-order valence-electron chi connectivity index (χ2n) is 6.57. The number of hydrogen-bond acceptors (Lipinski definition) is 4. The van der Waals surface area contributed by atoms with Gasteiger partial charge in [-0.1, -0.05) is 48.2 Å². The van der Waals surface area contributed by atoms with E-state index in [2.05, 4.69) is 17.2 Å². The van der Waals surface area contributed by atoms with Crippen LogP contribution in [0.1, 0.15) is 11.1 Å². The Kier molecular flexibility index (Phi) is 7.48. The van der Waals surface area contributed by atoms with Crippen molar-refractivity contribution in [3.05, 3.63) is 90.0 Å². The Labute approximate surface area is 176 Å². The van der Waals surface area contributed by atoms with E-state index in [1.54, 1.807) is 0 Å². The minimum Gasteiger partial charge on any atom is -0.481 e. The molecule has 0 saturated heterocycles. The van der Waals surface area contributed by atoms with Crippen LogP contribution in [0, 0.1) is 11.8 Å². The zero-order valence-corrected chi connectivity index (χ0v) is 16.7. The molecule has 3 rings (SSSR count). The van der Waals surface area contributed by atoms with E-state index in [9.17, 15) is 4.79 Å². The summed E-state index contributed by atoms with van der Waals surface area (Å²) in [5.74, 6) is 5.81.